The summed E-state index contributed by atoms with van der Waals surface area (Å²) in [4.78, 5) is 8.66. The highest BCUT2D eigenvalue weighted by Crippen LogP contribution is 2.11. The van der Waals surface area contributed by atoms with Crippen molar-refractivity contribution in [2.45, 2.75) is 20.4 Å². The first-order chi connectivity index (χ1) is 7.69. The number of rotatable bonds is 3. The van der Waals surface area contributed by atoms with E-state index in [0.29, 0.717) is 0 Å². The number of hydrogen-bond donors (Lipinski definition) is 1. The number of hydrogen-bond acceptors (Lipinski definition) is 3. The van der Waals surface area contributed by atoms with Gasteiger partial charge in [0.2, 0.25) is 5.95 Å². The lowest BCUT2D eigenvalue weighted by molar-refractivity contribution is 0.799. The van der Waals surface area contributed by atoms with Gasteiger partial charge in [-0.1, -0.05) is 6.07 Å². The molecule has 1 N–H and O–H groups in total. The molecule has 0 aliphatic rings. The molecule has 84 valence electrons. The van der Waals surface area contributed by atoms with Crippen LogP contribution in [0.15, 0.2) is 24.5 Å². The highest BCUT2D eigenvalue weighted by molar-refractivity contribution is 5.29. The molecule has 2 aromatic heterocycles. The van der Waals surface area contributed by atoms with Crippen LogP contribution in [0.4, 0.5) is 5.95 Å². The smallest absolute Gasteiger partial charge is 0.203 e. The zero-order chi connectivity index (χ0) is 11.5. The number of aryl methyl sites for hydroxylation is 2. The van der Waals surface area contributed by atoms with E-state index < -0.39 is 0 Å². The van der Waals surface area contributed by atoms with Crippen LogP contribution in [0, 0.1) is 13.8 Å². The average Bonchev–Trinajstić information content (AvgIpc) is 2.62. The third kappa shape index (κ3) is 2.21. The SMILES string of the molecule is CNc1nc(C)cn1Cc1ccc(C)nc1. The molecular formula is C12H16N4. The molecule has 0 saturated carbocycles. The van der Waals surface area contributed by atoms with Crippen molar-refractivity contribution in [2.24, 2.45) is 0 Å². The molecule has 4 nitrogen and oxygen atoms in total. The summed E-state index contributed by atoms with van der Waals surface area (Å²) < 4.78 is 2.08. The van der Waals surface area contributed by atoms with Crippen molar-refractivity contribution >= 4 is 5.95 Å². The van der Waals surface area contributed by atoms with Gasteiger partial charge in [-0.05, 0) is 25.5 Å². The van der Waals surface area contributed by atoms with Gasteiger partial charge in [-0.15, -0.1) is 0 Å². The number of pyridine rings is 1. The maximum Gasteiger partial charge on any atom is 0.203 e. The van der Waals surface area contributed by atoms with Crippen LogP contribution in [0.25, 0.3) is 0 Å². The first-order valence-electron chi connectivity index (χ1n) is 5.32. The van der Waals surface area contributed by atoms with Crippen molar-refractivity contribution in [3.63, 3.8) is 0 Å². The van der Waals surface area contributed by atoms with Crippen molar-refractivity contribution in [1.29, 1.82) is 0 Å². The highest BCUT2D eigenvalue weighted by atomic mass is 15.2. The van der Waals surface area contributed by atoms with Gasteiger partial charge in [0, 0.05) is 25.1 Å². The lowest BCUT2D eigenvalue weighted by Gasteiger charge is -2.06. The molecule has 0 bridgehead atoms. The zero-order valence-corrected chi connectivity index (χ0v) is 9.86. The normalized spacial score (nSPS) is 10.4. The minimum Gasteiger partial charge on any atom is -0.359 e. The van der Waals surface area contributed by atoms with E-state index in [9.17, 15) is 0 Å². The summed E-state index contributed by atoms with van der Waals surface area (Å²) >= 11 is 0. The molecule has 0 spiro atoms. The second-order valence-corrected chi connectivity index (χ2v) is 3.89. The van der Waals surface area contributed by atoms with Crippen LogP contribution in [-0.4, -0.2) is 21.6 Å². The van der Waals surface area contributed by atoms with E-state index in [4.69, 9.17) is 0 Å². The molecular weight excluding hydrogens is 200 g/mol. The molecule has 0 atom stereocenters. The van der Waals surface area contributed by atoms with E-state index >= 15 is 0 Å². The topological polar surface area (TPSA) is 42.7 Å². The van der Waals surface area contributed by atoms with E-state index in [-0.39, 0.29) is 0 Å². The number of imidazole rings is 1. The Balaban J connectivity index is 2.22. The fourth-order valence-electron chi connectivity index (χ4n) is 1.66. The van der Waals surface area contributed by atoms with Crippen molar-refractivity contribution in [3.8, 4) is 0 Å². The number of nitrogens with one attached hydrogen (secondary N) is 1. The van der Waals surface area contributed by atoms with E-state index in [1.165, 1.54) is 5.56 Å². The monoisotopic (exact) mass is 216 g/mol. The Labute approximate surface area is 95.4 Å². The highest BCUT2D eigenvalue weighted by Gasteiger charge is 2.04. The molecule has 16 heavy (non-hydrogen) atoms. The Morgan fingerprint density at radius 2 is 2.06 bits per heavy atom. The lowest BCUT2D eigenvalue weighted by atomic mass is 10.2. The predicted octanol–water partition coefficient (Wildman–Crippen LogP) is 1.98. The van der Waals surface area contributed by atoms with Gasteiger partial charge < -0.3 is 9.88 Å². The zero-order valence-electron chi connectivity index (χ0n) is 9.86. The fraction of sp³-hybridized carbons (Fsp3) is 0.333. The Hall–Kier alpha value is -1.84. The molecule has 0 fully saturated rings. The van der Waals surface area contributed by atoms with Crippen LogP contribution in [0.2, 0.25) is 0 Å². The van der Waals surface area contributed by atoms with E-state index in [0.717, 1.165) is 23.9 Å². The van der Waals surface area contributed by atoms with Crippen LogP contribution in [0.3, 0.4) is 0 Å². The molecule has 0 aliphatic carbocycles. The third-order valence-corrected chi connectivity index (χ3v) is 2.45. The van der Waals surface area contributed by atoms with E-state index in [1.54, 1.807) is 0 Å². The summed E-state index contributed by atoms with van der Waals surface area (Å²) in [7, 11) is 1.88. The van der Waals surface area contributed by atoms with Crippen LogP contribution in [-0.2, 0) is 6.54 Å². The fourth-order valence-corrected chi connectivity index (χ4v) is 1.66. The largest absolute Gasteiger partial charge is 0.359 e. The first kappa shape index (κ1) is 10.7. The van der Waals surface area contributed by atoms with Gasteiger partial charge in [0.25, 0.3) is 0 Å². The molecule has 0 aromatic carbocycles. The summed E-state index contributed by atoms with van der Waals surface area (Å²) in [5, 5.41) is 3.08. The van der Waals surface area contributed by atoms with E-state index in [2.05, 4.69) is 25.9 Å². The molecule has 4 heteroatoms. The summed E-state index contributed by atoms with van der Waals surface area (Å²) in [6, 6.07) is 4.12. The molecule has 0 amide bonds. The predicted molar refractivity (Wildman–Crippen MR) is 64.6 cm³/mol. The standard InChI is InChI=1S/C12H16N4/c1-9-4-5-11(6-14-9)8-16-7-10(2)15-12(16)13-3/h4-7H,8H2,1-3H3,(H,13,15). The van der Waals surface area contributed by atoms with Crippen LogP contribution in [0.5, 0.6) is 0 Å². The van der Waals surface area contributed by atoms with Crippen molar-refractivity contribution in [2.75, 3.05) is 12.4 Å². The maximum atomic E-state index is 4.37. The number of nitrogens with zero attached hydrogens (tertiary/aromatic N) is 3. The number of aromatic nitrogens is 3. The molecule has 0 aliphatic heterocycles. The van der Waals surface area contributed by atoms with Gasteiger partial charge in [0.15, 0.2) is 0 Å². The van der Waals surface area contributed by atoms with Gasteiger partial charge in [-0.2, -0.15) is 0 Å². The Bertz CT molecular complexity index is 470. The lowest BCUT2D eigenvalue weighted by Crippen LogP contribution is -2.04. The van der Waals surface area contributed by atoms with Crippen molar-refractivity contribution < 1.29 is 0 Å². The van der Waals surface area contributed by atoms with Gasteiger partial charge in [-0.3, -0.25) is 4.98 Å². The Kier molecular flexibility index (Phi) is 2.90. The minimum atomic E-state index is 0.796. The van der Waals surface area contributed by atoms with Gasteiger partial charge in [0.1, 0.15) is 0 Å². The summed E-state index contributed by atoms with van der Waals surface area (Å²) in [6.07, 6.45) is 3.94. The van der Waals surface area contributed by atoms with Gasteiger partial charge in [-0.25, -0.2) is 4.98 Å². The van der Waals surface area contributed by atoms with E-state index in [1.807, 2.05) is 39.4 Å². The van der Waals surface area contributed by atoms with Crippen LogP contribution >= 0.6 is 0 Å². The van der Waals surface area contributed by atoms with Crippen LogP contribution < -0.4 is 5.32 Å². The third-order valence-electron chi connectivity index (χ3n) is 2.45. The summed E-state index contributed by atoms with van der Waals surface area (Å²) in [5.74, 6) is 0.887. The average molecular weight is 216 g/mol. The quantitative estimate of drug-likeness (QED) is 0.853. The van der Waals surface area contributed by atoms with Crippen molar-refractivity contribution in [1.82, 2.24) is 14.5 Å². The second-order valence-electron chi connectivity index (χ2n) is 3.89. The molecule has 2 heterocycles. The Morgan fingerprint density at radius 1 is 1.25 bits per heavy atom. The summed E-state index contributed by atoms with van der Waals surface area (Å²) in [5.41, 5.74) is 3.24. The summed E-state index contributed by atoms with van der Waals surface area (Å²) in [6.45, 7) is 4.78. The second kappa shape index (κ2) is 4.35. The van der Waals surface area contributed by atoms with Gasteiger partial charge >= 0.3 is 0 Å². The molecule has 2 rings (SSSR count). The Morgan fingerprint density at radius 3 is 2.69 bits per heavy atom. The molecule has 0 saturated heterocycles. The molecule has 2 aromatic rings. The molecule has 0 radical (unpaired) electrons. The maximum absolute atomic E-state index is 4.37. The minimum absolute atomic E-state index is 0.796. The van der Waals surface area contributed by atoms with Gasteiger partial charge in [0.05, 0.1) is 12.2 Å². The first-order valence-corrected chi connectivity index (χ1v) is 5.32. The van der Waals surface area contributed by atoms with Crippen LogP contribution in [0.1, 0.15) is 17.0 Å². The van der Waals surface area contributed by atoms with Crippen molar-refractivity contribution in [3.05, 3.63) is 41.5 Å². The number of anilines is 1. The molecule has 0 unspecified atom stereocenters.